The number of aliphatic imine (C=N–C) groups is 1. The molecule has 0 aliphatic carbocycles. The van der Waals surface area contributed by atoms with Crippen LogP contribution in [0.5, 0.6) is 0 Å². The van der Waals surface area contributed by atoms with Gasteiger partial charge in [-0.15, -0.1) is 24.0 Å². The van der Waals surface area contributed by atoms with Crippen LogP contribution in [0.2, 0.25) is 0 Å². The predicted octanol–water partition coefficient (Wildman–Crippen LogP) is 0.652. The van der Waals surface area contributed by atoms with Crippen LogP contribution < -0.4 is 16.0 Å². The third-order valence-electron chi connectivity index (χ3n) is 4.07. The zero-order valence-corrected chi connectivity index (χ0v) is 18.1. The molecule has 26 heavy (non-hydrogen) atoms. The SMILES string of the molecule is CCCNC(=O)CN1CCC(NC(=NC)NCc2noc(C)n2)CC1.I. The highest BCUT2D eigenvalue weighted by molar-refractivity contribution is 14.0. The fourth-order valence-electron chi connectivity index (χ4n) is 2.72. The molecule has 2 heterocycles. The lowest BCUT2D eigenvalue weighted by atomic mass is 10.1. The molecule has 0 atom stereocenters. The third-order valence-corrected chi connectivity index (χ3v) is 4.07. The Bertz CT molecular complexity index is 571. The van der Waals surface area contributed by atoms with Crippen LogP contribution in [0.25, 0.3) is 0 Å². The Morgan fingerprint density at radius 3 is 2.65 bits per heavy atom. The Kier molecular flexibility index (Phi) is 10.5. The van der Waals surface area contributed by atoms with Crippen LogP contribution in [0, 0.1) is 6.92 Å². The van der Waals surface area contributed by atoms with E-state index >= 15 is 0 Å². The molecule has 1 aliphatic rings. The Labute approximate surface area is 171 Å². The first-order valence-corrected chi connectivity index (χ1v) is 8.86. The quantitative estimate of drug-likeness (QED) is 0.300. The van der Waals surface area contributed by atoms with Gasteiger partial charge in [0.05, 0.1) is 13.1 Å². The van der Waals surface area contributed by atoms with Crippen LogP contribution in [0.3, 0.4) is 0 Å². The maximum absolute atomic E-state index is 11.8. The molecule has 1 saturated heterocycles. The second-order valence-corrected chi connectivity index (χ2v) is 6.20. The lowest BCUT2D eigenvalue weighted by molar-refractivity contribution is -0.122. The zero-order chi connectivity index (χ0) is 18.1. The van der Waals surface area contributed by atoms with Crippen molar-refractivity contribution in [2.45, 2.75) is 45.7 Å². The van der Waals surface area contributed by atoms with E-state index < -0.39 is 0 Å². The number of rotatable bonds is 7. The van der Waals surface area contributed by atoms with Gasteiger partial charge in [-0.25, -0.2) is 0 Å². The van der Waals surface area contributed by atoms with Crippen molar-refractivity contribution < 1.29 is 9.32 Å². The molecule has 0 unspecified atom stereocenters. The van der Waals surface area contributed by atoms with Crippen LogP contribution >= 0.6 is 24.0 Å². The van der Waals surface area contributed by atoms with Gasteiger partial charge < -0.3 is 20.5 Å². The molecule has 148 valence electrons. The van der Waals surface area contributed by atoms with Gasteiger partial charge in [0.25, 0.3) is 0 Å². The number of halogens is 1. The van der Waals surface area contributed by atoms with Crippen LogP contribution in [0.1, 0.15) is 37.9 Å². The van der Waals surface area contributed by atoms with E-state index in [9.17, 15) is 4.79 Å². The molecule has 0 spiro atoms. The number of amides is 1. The lowest BCUT2D eigenvalue weighted by Gasteiger charge is -2.32. The van der Waals surface area contributed by atoms with E-state index in [0.29, 0.717) is 30.8 Å². The fourth-order valence-corrected chi connectivity index (χ4v) is 2.72. The number of carbonyl (C=O) groups is 1. The standard InChI is InChI=1S/C16H29N7O2.HI/c1-4-7-18-15(24)11-23-8-5-13(6-9-23)21-16(17-3)19-10-14-20-12(2)25-22-14;/h13H,4-11H2,1-3H3,(H,18,24)(H2,17,19,21);1H. The number of guanidine groups is 1. The Morgan fingerprint density at radius 1 is 1.35 bits per heavy atom. The molecule has 0 bridgehead atoms. The van der Waals surface area contributed by atoms with Gasteiger partial charge in [0.1, 0.15) is 0 Å². The minimum Gasteiger partial charge on any atom is -0.355 e. The summed E-state index contributed by atoms with van der Waals surface area (Å²) in [6.07, 6.45) is 2.92. The van der Waals surface area contributed by atoms with E-state index in [1.54, 1.807) is 14.0 Å². The van der Waals surface area contributed by atoms with E-state index in [2.05, 4.69) is 42.9 Å². The maximum atomic E-state index is 11.8. The van der Waals surface area contributed by atoms with Crippen LogP contribution in [0.15, 0.2) is 9.52 Å². The van der Waals surface area contributed by atoms with Gasteiger partial charge in [-0.05, 0) is 19.3 Å². The first kappa shape index (κ1) is 22.6. The highest BCUT2D eigenvalue weighted by Crippen LogP contribution is 2.09. The van der Waals surface area contributed by atoms with Gasteiger partial charge in [-0.2, -0.15) is 4.98 Å². The smallest absolute Gasteiger partial charge is 0.234 e. The molecule has 0 radical (unpaired) electrons. The molecular formula is C16H30IN7O2. The molecular weight excluding hydrogens is 449 g/mol. The van der Waals surface area contributed by atoms with Crippen LogP contribution in [-0.4, -0.2) is 66.2 Å². The second kappa shape index (κ2) is 12.0. The van der Waals surface area contributed by atoms with Crippen molar-refractivity contribution in [3.8, 4) is 0 Å². The highest BCUT2D eigenvalue weighted by Gasteiger charge is 2.21. The number of carbonyl (C=O) groups excluding carboxylic acids is 1. The topological polar surface area (TPSA) is 108 Å². The van der Waals surface area contributed by atoms with E-state index in [-0.39, 0.29) is 29.9 Å². The van der Waals surface area contributed by atoms with Gasteiger partial charge >= 0.3 is 0 Å². The molecule has 2 rings (SSSR count). The summed E-state index contributed by atoms with van der Waals surface area (Å²) >= 11 is 0. The molecule has 0 aromatic carbocycles. The average Bonchev–Trinajstić information content (AvgIpc) is 3.03. The van der Waals surface area contributed by atoms with Gasteiger partial charge in [-0.1, -0.05) is 12.1 Å². The number of hydrogen-bond acceptors (Lipinski definition) is 6. The van der Waals surface area contributed by atoms with Crippen molar-refractivity contribution >= 4 is 35.8 Å². The molecule has 1 aromatic heterocycles. The van der Waals surface area contributed by atoms with Gasteiger partial charge in [0.15, 0.2) is 11.8 Å². The van der Waals surface area contributed by atoms with Crippen molar-refractivity contribution in [1.82, 2.24) is 31.0 Å². The van der Waals surface area contributed by atoms with Crippen molar-refractivity contribution in [2.75, 3.05) is 33.2 Å². The molecule has 1 fully saturated rings. The first-order chi connectivity index (χ1) is 12.1. The summed E-state index contributed by atoms with van der Waals surface area (Å²) in [6, 6.07) is 0.341. The van der Waals surface area contributed by atoms with Crippen molar-refractivity contribution in [3.63, 3.8) is 0 Å². The molecule has 0 saturated carbocycles. The van der Waals surface area contributed by atoms with E-state index in [1.165, 1.54) is 0 Å². The summed E-state index contributed by atoms with van der Waals surface area (Å²) in [4.78, 5) is 22.4. The minimum absolute atomic E-state index is 0. The molecule has 9 nitrogen and oxygen atoms in total. The van der Waals surface area contributed by atoms with Crippen molar-refractivity contribution in [2.24, 2.45) is 4.99 Å². The number of piperidine rings is 1. The van der Waals surface area contributed by atoms with Gasteiger partial charge in [0, 0.05) is 39.6 Å². The number of nitrogens with one attached hydrogen (secondary N) is 3. The minimum atomic E-state index is 0. The van der Waals surface area contributed by atoms with E-state index in [4.69, 9.17) is 4.52 Å². The van der Waals surface area contributed by atoms with Crippen LogP contribution in [-0.2, 0) is 11.3 Å². The van der Waals surface area contributed by atoms with Crippen LogP contribution in [0.4, 0.5) is 0 Å². The van der Waals surface area contributed by atoms with Gasteiger partial charge in [-0.3, -0.25) is 14.7 Å². The Morgan fingerprint density at radius 2 is 2.08 bits per heavy atom. The number of nitrogens with zero attached hydrogens (tertiary/aromatic N) is 4. The monoisotopic (exact) mass is 479 g/mol. The summed E-state index contributed by atoms with van der Waals surface area (Å²) in [5.41, 5.74) is 0. The Balaban J connectivity index is 0.00000338. The number of likely N-dealkylation sites (tertiary alicyclic amines) is 1. The lowest BCUT2D eigenvalue weighted by Crippen LogP contribution is -2.50. The molecule has 10 heteroatoms. The normalized spacial score (nSPS) is 16.0. The van der Waals surface area contributed by atoms with Crippen molar-refractivity contribution in [1.29, 1.82) is 0 Å². The summed E-state index contributed by atoms with van der Waals surface area (Å²) < 4.78 is 4.95. The second-order valence-electron chi connectivity index (χ2n) is 6.20. The summed E-state index contributed by atoms with van der Waals surface area (Å²) in [5, 5.41) is 13.4. The fraction of sp³-hybridized carbons (Fsp3) is 0.750. The van der Waals surface area contributed by atoms with Crippen molar-refractivity contribution in [3.05, 3.63) is 11.7 Å². The summed E-state index contributed by atoms with van der Waals surface area (Å²) in [7, 11) is 1.74. The zero-order valence-electron chi connectivity index (χ0n) is 15.7. The predicted molar refractivity (Wildman–Crippen MR) is 111 cm³/mol. The number of aromatic nitrogens is 2. The largest absolute Gasteiger partial charge is 0.355 e. The Hall–Kier alpha value is -1.43. The maximum Gasteiger partial charge on any atom is 0.234 e. The molecule has 1 amide bonds. The molecule has 1 aliphatic heterocycles. The van der Waals surface area contributed by atoms with Gasteiger partial charge in [0.2, 0.25) is 11.8 Å². The number of aryl methyl sites for hydroxylation is 1. The number of hydrogen-bond donors (Lipinski definition) is 3. The first-order valence-electron chi connectivity index (χ1n) is 8.86. The summed E-state index contributed by atoms with van der Waals surface area (Å²) in [6.45, 7) is 7.32. The third kappa shape index (κ3) is 7.85. The average molecular weight is 479 g/mol. The summed E-state index contributed by atoms with van der Waals surface area (Å²) in [5.74, 6) is 1.99. The highest BCUT2D eigenvalue weighted by atomic mass is 127. The molecule has 1 aromatic rings. The van der Waals surface area contributed by atoms with E-state index in [0.717, 1.165) is 44.9 Å². The van der Waals surface area contributed by atoms with E-state index in [1.807, 2.05) is 0 Å². The molecule has 3 N–H and O–H groups in total.